The van der Waals surface area contributed by atoms with E-state index in [0.717, 1.165) is 43.7 Å². The predicted octanol–water partition coefficient (Wildman–Crippen LogP) is 2.65. The monoisotopic (exact) mass is 328 g/mol. The molecule has 1 aromatic carbocycles. The van der Waals surface area contributed by atoms with Crippen molar-refractivity contribution >= 4 is 24.0 Å². The Balaban J connectivity index is 0.00000176. The zero-order valence-electron chi connectivity index (χ0n) is 12.5. The van der Waals surface area contributed by atoms with Crippen LogP contribution in [0.25, 0.3) is 0 Å². The minimum Gasteiger partial charge on any atom is -0.381 e. The molecular formula is C16H22ClFN2O2. The van der Waals surface area contributed by atoms with E-state index in [4.69, 9.17) is 4.74 Å². The molecule has 1 atom stereocenters. The summed E-state index contributed by atoms with van der Waals surface area (Å²) >= 11 is 0. The van der Waals surface area contributed by atoms with E-state index in [1.807, 2.05) is 6.07 Å². The molecule has 2 aliphatic heterocycles. The van der Waals surface area contributed by atoms with Crippen molar-refractivity contribution in [2.45, 2.75) is 32.2 Å². The van der Waals surface area contributed by atoms with Crippen molar-refractivity contribution in [1.29, 1.82) is 0 Å². The SMILES string of the molecule is Cl.O=C(CCC1CCOC1)Nc1ccc2c(c1F)CCNC2. The molecule has 0 radical (unpaired) electrons. The number of ether oxygens (including phenoxy) is 1. The summed E-state index contributed by atoms with van der Waals surface area (Å²) in [5.74, 6) is 0.0800. The van der Waals surface area contributed by atoms with Crippen molar-refractivity contribution in [3.63, 3.8) is 0 Å². The van der Waals surface area contributed by atoms with Gasteiger partial charge in [-0.2, -0.15) is 0 Å². The number of carbonyl (C=O) groups is 1. The molecule has 6 heteroatoms. The van der Waals surface area contributed by atoms with Crippen LogP contribution in [0.15, 0.2) is 12.1 Å². The molecule has 122 valence electrons. The minimum atomic E-state index is -0.272. The van der Waals surface area contributed by atoms with Crippen LogP contribution in [0.4, 0.5) is 10.1 Å². The molecule has 1 fully saturated rings. The fourth-order valence-electron chi connectivity index (χ4n) is 2.99. The summed E-state index contributed by atoms with van der Waals surface area (Å²) in [4.78, 5) is 12.0. The lowest BCUT2D eigenvalue weighted by Gasteiger charge is -2.19. The lowest BCUT2D eigenvalue weighted by Crippen LogP contribution is -2.25. The summed E-state index contributed by atoms with van der Waals surface area (Å²) in [5.41, 5.74) is 2.03. The maximum Gasteiger partial charge on any atom is 0.224 e. The van der Waals surface area contributed by atoms with Crippen molar-refractivity contribution in [3.8, 4) is 0 Å². The molecule has 0 aromatic heterocycles. The first-order valence-corrected chi connectivity index (χ1v) is 7.62. The summed E-state index contributed by atoms with van der Waals surface area (Å²) in [6.07, 6.45) is 2.92. The zero-order chi connectivity index (χ0) is 14.7. The lowest BCUT2D eigenvalue weighted by molar-refractivity contribution is -0.116. The Morgan fingerprint density at radius 1 is 1.45 bits per heavy atom. The van der Waals surface area contributed by atoms with Crippen LogP contribution < -0.4 is 10.6 Å². The molecule has 0 spiro atoms. The number of anilines is 1. The first-order valence-electron chi connectivity index (χ1n) is 7.62. The van der Waals surface area contributed by atoms with Crippen molar-refractivity contribution < 1.29 is 13.9 Å². The first-order chi connectivity index (χ1) is 10.2. The molecule has 22 heavy (non-hydrogen) atoms. The Morgan fingerprint density at radius 3 is 3.09 bits per heavy atom. The third-order valence-corrected chi connectivity index (χ3v) is 4.29. The van der Waals surface area contributed by atoms with Gasteiger partial charge in [-0.15, -0.1) is 12.4 Å². The molecule has 1 amide bonds. The number of fused-ring (bicyclic) bond motifs is 1. The number of benzene rings is 1. The van der Waals surface area contributed by atoms with E-state index in [9.17, 15) is 9.18 Å². The van der Waals surface area contributed by atoms with E-state index < -0.39 is 0 Å². The fraction of sp³-hybridized carbons (Fsp3) is 0.562. The smallest absolute Gasteiger partial charge is 0.224 e. The van der Waals surface area contributed by atoms with Gasteiger partial charge in [0.25, 0.3) is 0 Å². The van der Waals surface area contributed by atoms with E-state index in [1.54, 1.807) is 6.07 Å². The van der Waals surface area contributed by atoms with E-state index in [1.165, 1.54) is 0 Å². The predicted molar refractivity (Wildman–Crippen MR) is 85.8 cm³/mol. The minimum absolute atomic E-state index is 0. The second-order valence-corrected chi connectivity index (χ2v) is 5.81. The van der Waals surface area contributed by atoms with Gasteiger partial charge in [-0.25, -0.2) is 4.39 Å². The van der Waals surface area contributed by atoms with Gasteiger partial charge in [0.05, 0.1) is 5.69 Å². The molecule has 0 saturated carbocycles. The van der Waals surface area contributed by atoms with E-state index in [2.05, 4.69) is 10.6 Å². The van der Waals surface area contributed by atoms with Gasteiger partial charge in [0, 0.05) is 26.2 Å². The lowest BCUT2D eigenvalue weighted by atomic mass is 9.99. The van der Waals surface area contributed by atoms with Crippen molar-refractivity contribution in [2.75, 3.05) is 25.1 Å². The van der Waals surface area contributed by atoms with Gasteiger partial charge in [-0.1, -0.05) is 6.07 Å². The Morgan fingerprint density at radius 2 is 2.32 bits per heavy atom. The Hall–Kier alpha value is -1.17. The molecule has 1 aromatic rings. The molecule has 2 heterocycles. The van der Waals surface area contributed by atoms with E-state index in [-0.39, 0.29) is 24.1 Å². The van der Waals surface area contributed by atoms with Crippen LogP contribution >= 0.6 is 12.4 Å². The van der Waals surface area contributed by atoms with E-state index in [0.29, 0.717) is 31.0 Å². The van der Waals surface area contributed by atoms with Crippen molar-refractivity contribution in [3.05, 3.63) is 29.1 Å². The average molecular weight is 329 g/mol. The number of hydrogen-bond acceptors (Lipinski definition) is 3. The third kappa shape index (κ3) is 3.97. The van der Waals surface area contributed by atoms with Gasteiger partial charge < -0.3 is 15.4 Å². The molecule has 3 rings (SSSR count). The topological polar surface area (TPSA) is 50.4 Å². The summed E-state index contributed by atoms with van der Waals surface area (Å²) in [5, 5.41) is 5.92. The molecular weight excluding hydrogens is 307 g/mol. The molecule has 2 aliphatic rings. The quantitative estimate of drug-likeness (QED) is 0.893. The number of nitrogens with one attached hydrogen (secondary N) is 2. The fourth-order valence-corrected chi connectivity index (χ4v) is 2.99. The molecule has 1 saturated heterocycles. The van der Waals surface area contributed by atoms with Gasteiger partial charge in [0.2, 0.25) is 5.91 Å². The number of amides is 1. The standard InChI is InChI=1S/C16H21FN2O2.ClH/c17-16-13-5-7-18-9-12(13)2-3-14(16)19-15(20)4-1-11-6-8-21-10-11;/h2-3,11,18H,1,4-10H2,(H,19,20);1H. The Bertz CT molecular complexity index is 533. The van der Waals surface area contributed by atoms with Gasteiger partial charge >= 0.3 is 0 Å². The summed E-state index contributed by atoms with van der Waals surface area (Å²) in [6, 6.07) is 3.56. The highest BCUT2D eigenvalue weighted by Crippen LogP contribution is 2.25. The molecule has 0 bridgehead atoms. The van der Waals surface area contributed by atoms with Crippen LogP contribution in [0.1, 0.15) is 30.4 Å². The van der Waals surface area contributed by atoms with Crippen LogP contribution in [0.5, 0.6) is 0 Å². The number of carbonyl (C=O) groups excluding carboxylic acids is 1. The van der Waals surface area contributed by atoms with E-state index >= 15 is 0 Å². The molecule has 4 nitrogen and oxygen atoms in total. The molecule has 2 N–H and O–H groups in total. The van der Waals surface area contributed by atoms with Crippen LogP contribution in [-0.4, -0.2) is 25.7 Å². The highest BCUT2D eigenvalue weighted by atomic mass is 35.5. The molecule has 0 aliphatic carbocycles. The summed E-state index contributed by atoms with van der Waals surface area (Å²) in [7, 11) is 0. The van der Waals surface area contributed by atoms with Crippen LogP contribution in [0.3, 0.4) is 0 Å². The zero-order valence-corrected chi connectivity index (χ0v) is 13.3. The summed E-state index contributed by atoms with van der Waals surface area (Å²) < 4.78 is 19.7. The first kappa shape index (κ1) is 17.2. The average Bonchev–Trinajstić information content (AvgIpc) is 3.02. The van der Waals surface area contributed by atoms with Gasteiger partial charge in [-0.05, 0) is 48.9 Å². The highest BCUT2D eigenvalue weighted by Gasteiger charge is 2.19. The third-order valence-electron chi connectivity index (χ3n) is 4.29. The second-order valence-electron chi connectivity index (χ2n) is 5.81. The highest BCUT2D eigenvalue weighted by molar-refractivity contribution is 5.91. The Labute approximate surface area is 136 Å². The summed E-state index contributed by atoms with van der Waals surface area (Å²) in [6.45, 7) is 3.01. The van der Waals surface area contributed by atoms with Gasteiger partial charge in [0.15, 0.2) is 0 Å². The normalized spacial score (nSPS) is 20.1. The van der Waals surface area contributed by atoms with Crippen molar-refractivity contribution in [1.82, 2.24) is 5.32 Å². The Kier molecular flexibility index (Phi) is 6.17. The number of halogens is 2. The van der Waals surface area contributed by atoms with Gasteiger partial charge in [0.1, 0.15) is 5.82 Å². The van der Waals surface area contributed by atoms with Crippen molar-refractivity contribution in [2.24, 2.45) is 5.92 Å². The van der Waals surface area contributed by atoms with Crippen LogP contribution in [-0.2, 0) is 22.5 Å². The number of rotatable bonds is 4. The van der Waals surface area contributed by atoms with Gasteiger partial charge in [-0.3, -0.25) is 4.79 Å². The largest absolute Gasteiger partial charge is 0.381 e. The molecule has 1 unspecified atom stereocenters. The van der Waals surface area contributed by atoms with Crippen LogP contribution in [0.2, 0.25) is 0 Å². The maximum absolute atomic E-state index is 14.4. The second kappa shape index (κ2) is 7.90. The maximum atomic E-state index is 14.4. The number of hydrogen-bond donors (Lipinski definition) is 2. The van der Waals surface area contributed by atoms with Crippen LogP contribution in [0, 0.1) is 11.7 Å².